The second-order valence-corrected chi connectivity index (χ2v) is 5.17. The average molecular weight is 312 g/mol. The van der Waals surface area contributed by atoms with Gasteiger partial charge in [-0.15, -0.1) is 0 Å². The molecule has 0 saturated heterocycles. The van der Waals surface area contributed by atoms with E-state index in [9.17, 15) is 9.90 Å². The summed E-state index contributed by atoms with van der Waals surface area (Å²) in [6, 6.07) is 8.53. The van der Waals surface area contributed by atoms with Gasteiger partial charge in [-0.2, -0.15) is 11.3 Å². The second-order valence-electron chi connectivity index (χ2n) is 3.48. The number of anilines is 1. The van der Waals surface area contributed by atoms with Gasteiger partial charge in [0.25, 0.3) is 0 Å². The summed E-state index contributed by atoms with van der Waals surface area (Å²) in [5.74, 6) is -0.883. The first-order valence-corrected chi connectivity index (χ1v) is 6.67. The molecule has 0 saturated carbocycles. The lowest BCUT2D eigenvalue weighted by atomic mass is 10.1. The topological polar surface area (TPSA) is 49.3 Å². The van der Waals surface area contributed by atoms with Gasteiger partial charge in [-0.25, -0.2) is 4.79 Å². The lowest BCUT2D eigenvalue weighted by molar-refractivity contribution is -0.138. The average Bonchev–Trinajstić information content (AvgIpc) is 2.81. The van der Waals surface area contributed by atoms with Crippen LogP contribution in [0.1, 0.15) is 11.6 Å². The number of thiophene rings is 1. The largest absolute Gasteiger partial charge is 0.479 e. The third kappa shape index (κ3) is 3.08. The number of nitrogens with one attached hydrogen (secondary N) is 1. The van der Waals surface area contributed by atoms with Gasteiger partial charge in [0, 0.05) is 10.2 Å². The number of halogens is 1. The zero-order chi connectivity index (χ0) is 12.3. The normalized spacial score (nSPS) is 12.1. The van der Waals surface area contributed by atoms with Crippen molar-refractivity contribution in [2.45, 2.75) is 6.04 Å². The number of carboxylic acids is 1. The van der Waals surface area contributed by atoms with Crippen LogP contribution in [0, 0.1) is 0 Å². The minimum atomic E-state index is -0.883. The summed E-state index contributed by atoms with van der Waals surface area (Å²) >= 11 is 4.82. The Balaban J connectivity index is 2.19. The van der Waals surface area contributed by atoms with Gasteiger partial charge in [-0.1, -0.05) is 15.9 Å². The van der Waals surface area contributed by atoms with Crippen molar-refractivity contribution in [3.05, 3.63) is 51.1 Å². The molecule has 0 aliphatic heterocycles. The van der Waals surface area contributed by atoms with E-state index in [1.807, 2.05) is 41.1 Å². The molecule has 2 aromatic rings. The highest BCUT2D eigenvalue weighted by Gasteiger charge is 2.19. The zero-order valence-corrected chi connectivity index (χ0v) is 11.2. The van der Waals surface area contributed by atoms with Gasteiger partial charge >= 0.3 is 5.97 Å². The van der Waals surface area contributed by atoms with Crippen molar-refractivity contribution in [1.82, 2.24) is 0 Å². The van der Waals surface area contributed by atoms with E-state index in [1.165, 1.54) is 11.3 Å². The first kappa shape index (κ1) is 12.1. The maximum Gasteiger partial charge on any atom is 0.330 e. The minimum Gasteiger partial charge on any atom is -0.479 e. The molecule has 1 aromatic carbocycles. The van der Waals surface area contributed by atoms with Crippen LogP contribution in [0.25, 0.3) is 0 Å². The van der Waals surface area contributed by atoms with Gasteiger partial charge in [0.05, 0.1) is 0 Å². The predicted octanol–water partition coefficient (Wildman–Crippen LogP) is 3.75. The Morgan fingerprint density at radius 2 is 2.00 bits per heavy atom. The first-order chi connectivity index (χ1) is 8.16. The van der Waals surface area contributed by atoms with Gasteiger partial charge in [-0.3, -0.25) is 0 Å². The molecule has 0 amide bonds. The number of hydrogen-bond donors (Lipinski definition) is 2. The fourth-order valence-corrected chi connectivity index (χ4v) is 2.39. The van der Waals surface area contributed by atoms with Crippen molar-refractivity contribution in [3.63, 3.8) is 0 Å². The van der Waals surface area contributed by atoms with E-state index in [2.05, 4.69) is 21.2 Å². The summed E-state index contributed by atoms with van der Waals surface area (Å²) in [5, 5.41) is 15.9. The van der Waals surface area contributed by atoms with Crippen LogP contribution >= 0.6 is 27.3 Å². The van der Waals surface area contributed by atoms with E-state index in [4.69, 9.17) is 0 Å². The van der Waals surface area contributed by atoms with Crippen molar-refractivity contribution in [1.29, 1.82) is 0 Å². The van der Waals surface area contributed by atoms with Crippen LogP contribution in [0.3, 0.4) is 0 Å². The molecule has 2 N–H and O–H groups in total. The van der Waals surface area contributed by atoms with E-state index >= 15 is 0 Å². The summed E-state index contributed by atoms with van der Waals surface area (Å²) in [6.07, 6.45) is 0. The molecule has 1 unspecified atom stereocenters. The van der Waals surface area contributed by atoms with Crippen LogP contribution in [0.4, 0.5) is 5.69 Å². The highest BCUT2D eigenvalue weighted by atomic mass is 79.9. The maximum atomic E-state index is 11.2. The van der Waals surface area contributed by atoms with Crippen LogP contribution in [0.5, 0.6) is 0 Å². The molecule has 0 bridgehead atoms. The molecule has 0 aliphatic carbocycles. The van der Waals surface area contributed by atoms with Gasteiger partial charge in [0.2, 0.25) is 0 Å². The highest BCUT2D eigenvalue weighted by molar-refractivity contribution is 9.10. The Bertz CT molecular complexity index is 496. The number of aliphatic carboxylic acids is 1. The smallest absolute Gasteiger partial charge is 0.330 e. The molecule has 1 atom stereocenters. The summed E-state index contributed by atoms with van der Waals surface area (Å²) in [4.78, 5) is 11.2. The summed E-state index contributed by atoms with van der Waals surface area (Å²) < 4.78 is 0.963. The van der Waals surface area contributed by atoms with Crippen LogP contribution < -0.4 is 5.32 Å². The molecule has 0 aliphatic rings. The van der Waals surface area contributed by atoms with Crippen LogP contribution in [-0.4, -0.2) is 11.1 Å². The van der Waals surface area contributed by atoms with E-state index < -0.39 is 12.0 Å². The maximum absolute atomic E-state index is 11.2. The molecule has 3 nitrogen and oxygen atoms in total. The SMILES string of the molecule is O=C(O)C(Nc1ccc(Br)cc1)c1ccsc1. The molecule has 17 heavy (non-hydrogen) atoms. The molecule has 1 aromatic heterocycles. The van der Waals surface area contributed by atoms with E-state index in [-0.39, 0.29) is 0 Å². The minimum absolute atomic E-state index is 0.706. The summed E-state index contributed by atoms with van der Waals surface area (Å²) in [7, 11) is 0. The molecule has 0 radical (unpaired) electrons. The predicted molar refractivity (Wildman–Crippen MR) is 72.5 cm³/mol. The first-order valence-electron chi connectivity index (χ1n) is 4.94. The van der Waals surface area contributed by atoms with Crippen molar-refractivity contribution in [2.75, 3.05) is 5.32 Å². The van der Waals surface area contributed by atoms with E-state index in [0.717, 1.165) is 15.7 Å². The third-order valence-corrected chi connectivity index (χ3v) is 3.51. The lowest BCUT2D eigenvalue weighted by Crippen LogP contribution is -2.19. The number of carboxylic acid groups (broad SMARTS) is 1. The van der Waals surface area contributed by atoms with Crippen molar-refractivity contribution in [2.24, 2.45) is 0 Å². The fourth-order valence-electron chi connectivity index (χ4n) is 1.44. The van der Waals surface area contributed by atoms with Gasteiger partial charge < -0.3 is 10.4 Å². The highest BCUT2D eigenvalue weighted by Crippen LogP contribution is 2.23. The fraction of sp³-hybridized carbons (Fsp3) is 0.0833. The quantitative estimate of drug-likeness (QED) is 0.904. The molecular weight excluding hydrogens is 302 g/mol. The molecule has 0 spiro atoms. The Kier molecular flexibility index (Phi) is 3.81. The van der Waals surface area contributed by atoms with Crippen molar-refractivity contribution in [3.8, 4) is 0 Å². The third-order valence-electron chi connectivity index (χ3n) is 2.28. The Morgan fingerprint density at radius 1 is 1.29 bits per heavy atom. The van der Waals surface area contributed by atoms with Crippen molar-refractivity contribution >= 4 is 38.9 Å². The number of rotatable bonds is 4. The number of carbonyl (C=O) groups is 1. The van der Waals surface area contributed by atoms with Gasteiger partial charge in [0.15, 0.2) is 6.04 Å². The van der Waals surface area contributed by atoms with Crippen LogP contribution in [0.15, 0.2) is 45.6 Å². The molecule has 0 fully saturated rings. The van der Waals surface area contributed by atoms with Gasteiger partial charge in [-0.05, 0) is 46.7 Å². The molecule has 88 valence electrons. The molecule has 1 heterocycles. The number of hydrogen-bond acceptors (Lipinski definition) is 3. The number of benzene rings is 1. The lowest BCUT2D eigenvalue weighted by Gasteiger charge is -2.14. The van der Waals surface area contributed by atoms with Crippen LogP contribution in [0.2, 0.25) is 0 Å². The molecule has 5 heteroatoms. The van der Waals surface area contributed by atoms with Gasteiger partial charge in [0.1, 0.15) is 0 Å². The molecular formula is C12H10BrNO2S. The standard InChI is InChI=1S/C12H10BrNO2S/c13-9-1-3-10(4-2-9)14-11(12(15)16)8-5-6-17-7-8/h1-7,11,14H,(H,15,16). The Hall–Kier alpha value is -1.33. The Labute approximate surface area is 111 Å². The summed E-state index contributed by atoms with van der Waals surface area (Å²) in [5.41, 5.74) is 1.55. The van der Waals surface area contributed by atoms with E-state index in [0.29, 0.717) is 0 Å². The summed E-state index contributed by atoms with van der Waals surface area (Å²) in [6.45, 7) is 0. The van der Waals surface area contributed by atoms with E-state index in [1.54, 1.807) is 0 Å². The zero-order valence-electron chi connectivity index (χ0n) is 8.76. The Morgan fingerprint density at radius 3 is 2.53 bits per heavy atom. The van der Waals surface area contributed by atoms with Crippen molar-refractivity contribution < 1.29 is 9.90 Å². The van der Waals surface area contributed by atoms with Crippen LogP contribution in [-0.2, 0) is 4.79 Å². The monoisotopic (exact) mass is 311 g/mol. The molecule has 2 rings (SSSR count). The second kappa shape index (κ2) is 5.33.